The van der Waals surface area contributed by atoms with Crippen LogP contribution in [0, 0.1) is 0 Å². The van der Waals surface area contributed by atoms with Crippen LogP contribution in [0.2, 0.25) is 0 Å². The highest BCUT2D eigenvalue weighted by Crippen LogP contribution is 2.23. The highest BCUT2D eigenvalue weighted by molar-refractivity contribution is 5.94. The molecule has 0 saturated carbocycles. The van der Waals surface area contributed by atoms with E-state index in [1.165, 1.54) is 0 Å². The summed E-state index contributed by atoms with van der Waals surface area (Å²) in [5, 5.41) is 5.92. The predicted molar refractivity (Wildman–Crippen MR) is 96.9 cm³/mol. The normalized spacial score (nSPS) is 9.88. The molecule has 1 amide bonds. The van der Waals surface area contributed by atoms with Crippen molar-refractivity contribution in [1.82, 2.24) is 0 Å². The van der Waals surface area contributed by atoms with E-state index < -0.39 is 0 Å². The highest BCUT2D eigenvalue weighted by Gasteiger charge is 2.06. The summed E-state index contributed by atoms with van der Waals surface area (Å²) < 4.78 is 11.0. The second-order valence-corrected chi connectivity index (χ2v) is 4.96. The predicted octanol–water partition coefficient (Wildman–Crippen LogP) is 3.70. The van der Waals surface area contributed by atoms with Crippen LogP contribution in [0.25, 0.3) is 0 Å². The summed E-state index contributed by atoms with van der Waals surface area (Å²) in [5.74, 6) is 1.26. The van der Waals surface area contributed by atoms with Crippen molar-refractivity contribution in [3.63, 3.8) is 0 Å². The molecule has 0 aromatic heterocycles. The van der Waals surface area contributed by atoms with E-state index in [2.05, 4.69) is 17.2 Å². The first-order valence-corrected chi connectivity index (χ1v) is 7.82. The molecule has 2 N–H and O–H groups in total. The van der Waals surface area contributed by atoms with Crippen molar-refractivity contribution >= 4 is 17.3 Å². The van der Waals surface area contributed by atoms with Gasteiger partial charge in [-0.2, -0.15) is 0 Å². The molecule has 0 unspecified atom stereocenters. The monoisotopic (exact) mass is 326 g/mol. The summed E-state index contributed by atoms with van der Waals surface area (Å²) in [5.41, 5.74) is 1.47. The molecule has 2 aromatic carbocycles. The van der Waals surface area contributed by atoms with E-state index in [0.29, 0.717) is 24.7 Å². The Hall–Kier alpha value is -2.95. The standard InChI is InChI=1S/C19H22N2O3/c1-3-12-24-16-9-7-8-15(13-16)21-19(22)14-20-17-10-5-6-11-18(17)23-4-2/h3,5-11,13,20H,1,4,12,14H2,2H3,(H,21,22). The van der Waals surface area contributed by atoms with E-state index >= 15 is 0 Å². The molecule has 5 nitrogen and oxygen atoms in total. The number of benzene rings is 2. The van der Waals surface area contributed by atoms with E-state index in [0.717, 1.165) is 11.4 Å². The fourth-order valence-corrected chi connectivity index (χ4v) is 2.09. The lowest BCUT2D eigenvalue weighted by Gasteiger charge is -2.12. The average Bonchev–Trinajstić information content (AvgIpc) is 2.60. The number of anilines is 2. The third kappa shape index (κ3) is 5.35. The van der Waals surface area contributed by atoms with Crippen molar-refractivity contribution < 1.29 is 14.3 Å². The van der Waals surface area contributed by atoms with E-state index in [4.69, 9.17) is 9.47 Å². The maximum absolute atomic E-state index is 12.1. The van der Waals surface area contributed by atoms with Gasteiger partial charge in [0.1, 0.15) is 18.1 Å². The molecule has 0 saturated heterocycles. The number of nitrogens with one attached hydrogen (secondary N) is 2. The number of carbonyl (C=O) groups is 1. The maximum atomic E-state index is 12.1. The summed E-state index contributed by atoms with van der Waals surface area (Å²) >= 11 is 0. The van der Waals surface area contributed by atoms with E-state index in [1.54, 1.807) is 12.1 Å². The molecule has 0 atom stereocenters. The highest BCUT2D eigenvalue weighted by atomic mass is 16.5. The quantitative estimate of drug-likeness (QED) is 0.690. The zero-order chi connectivity index (χ0) is 17.2. The number of carbonyl (C=O) groups excluding carboxylic acids is 1. The van der Waals surface area contributed by atoms with Crippen LogP contribution in [0.1, 0.15) is 6.92 Å². The largest absolute Gasteiger partial charge is 0.492 e. The summed E-state index contributed by atoms with van der Waals surface area (Å²) in [6, 6.07) is 14.8. The van der Waals surface area contributed by atoms with Gasteiger partial charge < -0.3 is 20.1 Å². The number of para-hydroxylation sites is 2. The number of amides is 1. The molecular weight excluding hydrogens is 304 g/mol. The molecule has 0 aliphatic carbocycles. The lowest BCUT2D eigenvalue weighted by Crippen LogP contribution is -2.22. The number of hydrogen-bond acceptors (Lipinski definition) is 4. The minimum Gasteiger partial charge on any atom is -0.492 e. The Balaban J connectivity index is 1.91. The second-order valence-electron chi connectivity index (χ2n) is 4.96. The van der Waals surface area contributed by atoms with Crippen LogP contribution < -0.4 is 20.1 Å². The van der Waals surface area contributed by atoms with Gasteiger partial charge in [-0.3, -0.25) is 4.79 Å². The first-order chi connectivity index (χ1) is 11.7. The fourth-order valence-electron chi connectivity index (χ4n) is 2.09. The van der Waals surface area contributed by atoms with Crippen LogP contribution >= 0.6 is 0 Å². The molecule has 24 heavy (non-hydrogen) atoms. The molecule has 0 spiro atoms. The third-order valence-electron chi connectivity index (χ3n) is 3.11. The first kappa shape index (κ1) is 17.4. The smallest absolute Gasteiger partial charge is 0.243 e. The average molecular weight is 326 g/mol. The Morgan fingerprint density at radius 3 is 2.79 bits per heavy atom. The van der Waals surface area contributed by atoms with Crippen molar-refractivity contribution in [2.75, 3.05) is 30.4 Å². The van der Waals surface area contributed by atoms with Gasteiger partial charge in [0.25, 0.3) is 0 Å². The Bertz CT molecular complexity index is 686. The number of hydrogen-bond donors (Lipinski definition) is 2. The minimum atomic E-state index is -0.151. The summed E-state index contributed by atoms with van der Waals surface area (Å²) in [4.78, 5) is 12.1. The van der Waals surface area contributed by atoms with Gasteiger partial charge in [-0.25, -0.2) is 0 Å². The molecule has 5 heteroatoms. The van der Waals surface area contributed by atoms with Gasteiger partial charge in [0.2, 0.25) is 5.91 Å². The van der Waals surface area contributed by atoms with E-state index in [9.17, 15) is 4.79 Å². The maximum Gasteiger partial charge on any atom is 0.243 e. The number of rotatable bonds is 9. The molecule has 0 heterocycles. The van der Waals surface area contributed by atoms with Crippen molar-refractivity contribution in [3.8, 4) is 11.5 Å². The molecule has 0 radical (unpaired) electrons. The molecule has 126 valence electrons. The van der Waals surface area contributed by atoms with Crippen LogP contribution in [0.4, 0.5) is 11.4 Å². The summed E-state index contributed by atoms with van der Waals surface area (Å²) in [6.45, 7) is 6.66. The van der Waals surface area contributed by atoms with E-state index in [1.807, 2.05) is 49.4 Å². The van der Waals surface area contributed by atoms with Crippen LogP contribution in [0.5, 0.6) is 11.5 Å². The zero-order valence-electron chi connectivity index (χ0n) is 13.7. The molecule has 0 aliphatic rings. The van der Waals surface area contributed by atoms with Crippen molar-refractivity contribution in [3.05, 3.63) is 61.2 Å². The summed E-state index contributed by atoms with van der Waals surface area (Å²) in [7, 11) is 0. The minimum absolute atomic E-state index is 0.141. The van der Waals surface area contributed by atoms with E-state index in [-0.39, 0.29) is 12.5 Å². The second kappa shape index (κ2) is 9.25. The van der Waals surface area contributed by atoms with Gasteiger partial charge in [0, 0.05) is 11.8 Å². The topological polar surface area (TPSA) is 59.6 Å². The Kier molecular flexibility index (Phi) is 6.71. The van der Waals surface area contributed by atoms with Crippen molar-refractivity contribution in [2.45, 2.75) is 6.92 Å². The van der Waals surface area contributed by atoms with Gasteiger partial charge in [-0.15, -0.1) is 0 Å². The molecular formula is C19H22N2O3. The SMILES string of the molecule is C=CCOc1cccc(NC(=O)CNc2ccccc2OCC)c1. The van der Waals surface area contributed by atoms with Gasteiger partial charge in [-0.05, 0) is 31.2 Å². The number of ether oxygens (including phenoxy) is 2. The molecule has 0 bridgehead atoms. The van der Waals surface area contributed by atoms with Gasteiger partial charge in [-0.1, -0.05) is 30.9 Å². The van der Waals surface area contributed by atoms with Crippen LogP contribution in [0.15, 0.2) is 61.2 Å². The van der Waals surface area contributed by atoms with Crippen LogP contribution in [0.3, 0.4) is 0 Å². The van der Waals surface area contributed by atoms with Crippen LogP contribution in [-0.4, -0.2) is 25.7 Å². The zero-order valence-corrected chi connectivity index (χ0v) is 13.7. The Labute approximate surface area is 142 Å². The van der Waals surface area contributed by atoms with Gasteiger partial charge >= 0.3 is 0 Å². The fraction of sp³-hybridized carbons (Fsp3) is 0.211. The van der Waals surface area contributed by atoms with Gasteiger partial charge in [0.15, 0.2) is 0 Å². The third-order valence-corrected chi connectivity index (χ3v) is 3.11. The van der Waals surface area contributed by atoms with Crippen molar-refractivity contribution in [1.29, 1.82) is 0 Å². The van der Waals surface area contributed by atoms with Crippen molar-refractivity contribution in [2.24, 2.45) is 0 Å². The molecule has 0 fully saturated rings. The lowest BCUT2D eigenvalue weighted by molar-refractivity contribution is -0.114. The molecule has 2 rings (SSSR count). The lowest BCUT2D eigenvalue weighted by atomic mass is 10.3. The Morgan fingerprint density at radius 2 is 2.00 bits per heavy atom. The first-order valence-electron chi connectivity index (χ1n) is 7.82. The summed E-state index contributed by atoms with van der Waals surface area (Å²) in [6.07, 6.45) is 1.67. The van der Waals surface area contributed by atoms with Crippen LogP contribution in [-0.2, 0) is 4.79 Å². The molecule has 2 aromatic rings. The Morgan fingerprint density at radius 1 is 1.17 bits per heavy atom. The van der Waals surface area contributed by atoms with Gasteiger partial charge in [0.05, 0.1) is 18.8 Å². The molecule has 0 aliphatic heterocycles.